The van der Waals surface area contributed by atoms with Crippen molar-refractivity contribution in [2.45, 2.75) is 6.54 Å². The summed E-state index contributed by atoms with van der Waals surface area (Å²) in [5.41, 5.74) is 1.75. The van der Waals surface area contributed by atoms with Crippen LogP contribution in [0.1, 0.15) is 15.9 Å². The van der Waals surface area contributed by atoms with Crippen LogP contribution < -0.4 is 10.6 Å². The normalized spacial score (nSPS) is 10.2. The highest BCUT2D eigenvalue weighted by Crippen LogP contribution is 2.21. The number of hydrogen-bond acceptors (Lipinski definition) is 5. The second-order valence-electron chi connectivity index (χ2n) is 4.57. The second kappa shape index (κ2) is 6.82. The number of nitrogens with zero attached hydrogens (tertiary/aromatic N) is 2. The standard InChI is InChI=1S/C16H14N4OS/c21-14(13-9-5-2-6-10-13)18-16-20-19-15(22-16)17-11-12-7-3-1-4-8-12/h1-10H,11H2,(H,17,19)(H,18,20,21). The first-order valence-electron chi connectivity index (χ1n) is 6.79. The first-order valence-corrected chi connectivity index (χ1v) is 7.60. The molecule has 0 spiro atoms. The number of rotatable bonds is 5. The maximum atomic E-state index is 12.0. The van der Waals surface area contributed by atoms with Gasteiger partial charge in [0.05, 0.1) is 0 Å². The lowest BCUT2D eigenvalue weighted by atomic mass is 10.2. The molecular formula is C16H14N4OS. The number of aromatic nitrogens is 2. The third-order valence-electron chi connectivity index (χ3n) is 2.97. The molecule has 0 saturated carbocycles. The molecule has 110 valence electrons. The third kappa shape index (κ3) is 3.67. The molecule has 3 rings (SSSR count). The van der Waals surface area contributed by atoms with Crippen molar-refractivity contribution in [3.63, 3.8) is 0 Å². The van der Waals surface area contributed by atoms with Gasteiger partial charge in [-0.25, -0.2) is 0 Å². The van der Waals surface area contributed by atoms with Gasteiger partial charge in [0, 0.05) is 12.1 Å². The smallest absolute Gasteiger partial charge is 0.257 e. The molecule has 6 heteroatoms. The molecule has 0 fully saturated rings. The van der Waals surface area contributed by atoms with Gasteiger partial charge in [-0.1, -0.05) is 59.9 Å². The molecule has 2 N–H and O–H groups in total. The molecule has 2 aromatic carbocycles. The van der Waals surface area contributed by atoms with E-state index in [9.17, 15) is 4.79 Å². The maximum Gasteiger partial charge on any atom is 0.257 e. The molecule has 0 atom stereocenters. The Morgan fingerprint density at radius 2 is 1.55 bits per heavy atom. The van der Waals surface area contributed by atoms with Crippen LogP contribution in [-0.2, 0) is 6.54 Å². The highest BCUT2D eigenvalue weighted by atomic mass is 32.1. The van der Waals surface area contributed by atoms with Gasteiger partial charge in [0.25, 0.3) is 5.91 Å². The van der Waals surface area contributed by atoms with Gasteiger partial charge >= 0.3 is 0 Å². The minimum atomic E-state index is -0.189. The molecule has 0 aliphatic carbocycles. The van der Waals surface area contributed by atoms with Crippen molar-refractivity contribution in [3.05, 3.63) is 71.8 Å². The van der Waals surface area contributed by atoms with Crippen LogP contribution in [0.5, 0.6) is 0 Å². The van der Waals surface area contributed by atoms with E-state index in [-0.39, 0.29) is 5.91 Å². The fourth-order valence-electron chi connectivity index (χ4n) is 1.88. The Morgan fingerprint density at radius 3 is 2.27 bits per heavy atom. The van der Waals surface area contributed by atoms with E-state index in [0.29, 0.717) is 22.4 Å². The number of amides is 1. The Hall–Kier alpha value is -2.73. The molecule has 1 heterocycles. The van der Waals surface area contributed by atoms with Crippen molar-refractivity contribution >= 4 is 27.5 Å². The molecule has 22 heavy (non-hydrogen) atoms. The summed E-state index contributed by atoms with van der Waals surface area (Å²) in [6.07, 6.45) is 0. The molecule has 0 unspecified atom stereocenters. The summed E-state index contributed by atoms with van der Waals surface area (Å²) in [5, 5.41) is 15.1. The SMILES string of the molecule is O=C(Nc1nnc(NCc2ccccc2)s1)c1ccccc1. The van der Waals surface area contributed by atoms with Crippen LogP contribution in [0.25, 0.3) is 0 Å². The van der Waals surface area contributed by atoms with Crippen LogP contribution in [0, 0.1) is 0 Å². The Bertz CT molecular complexity index is 743. The lowest BCUT2D eigenvalue weighted by Crippen LogP contribution is -2.11. The summed E-state index contributed by atoms with van der Waals surface area (Å²) < 4.78 is 0. The van der Waals surface area contributed by atoms with Crippen molar-refractivity contribution in [3.8, 4) is 0 Å². The summed E-state index contributed by atoms with van der Waals surface area (Å²) in [5.74, 6) is -0.189. The first-order chi connectivity index (χ1) is 10.8. The highest BCUT2D eigenvalue weighted by molar-refractivity contribution is 7.19. The van der Waals surface area contributed by atoms with Crippen molar-refractivity contribution < 1.29 is 4.79 Å². The fraction of sp³-hybridized carbons (Fsp3) is 0.0625. The van der Waals surface area contributed by atoms with Crippen molar-refractivity contribution in [1.82, 2.24) is 10.2 Å². The summed E-state index contributed by atoms with van der Waals surface area (Å²) in [6.45, 7) is 0.669. The number of anilines is 2. The van der Waals surface area contributed by atoms with Crippen LogP contribution in [-0.4, -0.2) is 16.1 Å². The van der Waals surface area contributed by atoms with E-state index >= 15 is 0 Å². The number of carbonyl (C=O) groups is 1. The van der Waals surface area contributed by atoms with Crippen LogP contribution in [0.3, 0.4) is 0 Å². The monoisotopic (exact) mass is 310 g/mol. The molecule has 0 aliphatic heterocycles. The van der Waals surface area contributed by atoms with Gasteiger partial charge in [0.15, 0.2) is 0 Å². The van der Waals surface area contributed by atoms with E-state index in [1.807, 2.05) is 48.5 Å². The van der Waals surface area contributed by atoms with Gasteiger partial charge < -0.3 is 5.32 Å². The minimum Gasteiger partial charge on any atom is -0.356 e. The van der Waals surface area contributed by atoms with Crippen molar-refractivity contribution in [2.75, 3.05) is 10.6 Å². The predicted octanol–water partition coefficient (Wildman–Crippen LogP) is 3.40. The molecule has 0 aliphatic rings. The number of nitrogens with one attached hydrogen (secondary N) is 2. The van der Waals surface area contributed by atoms with Gasteiger partial charge in [-0.15, -0.1) is 10.2 Å². The summed E-state index contributed by atoms with van der Waals surface area (Å²) in [7, 11) is 0. The zero-order chi connectivity index (χ0) is 15.2. The van der Waals surface area contributed by atoms with Crippen LogP contribution in [0.2, 0.25) is 0 Å². The largest absolute Gasteiger partial charge is 0.356 e. The van der Waals surface area contributed by atoms with E-state index in [0.717, 1.165) is 5.56 Å². The van der Waals surface area contributed by atoms with E-state index in [2.05, 4.69) is 20.8 Å². The zero-order valence-electron chi connectivity index (χ0n) is 11.7. The first kappa shape index (κ1) is 14.2. The number of carbonyl (C=O) groups excluding carboxylic acids is 1. The zero-order valence-corrected chi connectivity index (χ0v) is 12.5. The Morgan fingerprint density at radius 1 is 0.909 bits per heavy atom. The molecule has 0 bridgehead atoms. The van der Waals surface area contributed by atoms with E-state index in [4.69, 9.17) is 0 Å². The van der Waals surface area contributed by atoms with Gasteiger partial charge in [-0.2, -0.15) is 0 Å². The van der Waals surface area contributed by atoms with Crippen LogP contribution in [0.4, 0.5) is 10.3 Å². The quantitative estimate of drug-likeness (QED) is 0.758. The van der Waals surface area contributed by atoms with Gasteiger partial charge in [0.2, 0.25) is 10.3 Å². The van der Waals surface area contributed by atoms with E-state index in [1.54, 1.807) is 12.1 Å². The van der Waals surface area contributed by atoms with Crippen LogP contribution >= 0.6 is 11.3 Å². The van der Waals surface area contributed by atoms with Gasteiger partial charge in [-0.05, 0) is 17.7 Å². The fourth-order valence-corrected chi connectivity index (χ4v) is 2.51. The van der Waals surface area contributed by atoms with Crippen LogP contribution in [0.15, 0.2) is 60.7 Å². The van der Waals surface area contributed by atoms with Gasteiger partial charge in [0.1, 0.15) is 0 Å². The number of benzene rings is 2. The summed E-state index contributed by atoms with van der Waals surface area (Å²) >= 11 is 1.31. The Labute approximate surface area is 132 Å². The number of hydrogen-bond donors (Lipinski definition) is 2. The second-order valence-corrected chi connectivity index (χ2v) is 5.55. The van der Waals surface area contributed by atoms with E-state index in [1.165, 1.54) is 11.3 Å². The molecule has 3 aromatic rings. The average Bonchev–Trinajstić information content (AvgIpc) is 3.02. The molecule has 1 aromatic heterocycles. The topological polar surface area (TPSA) is 66.9 Å². The Kier molecular flexibility index (Phi) is 4.41. The molecule has 0 radical (unpaired) electrons. The lowest BCUT2D eigenvalue weighted by Gasteiger charge is -2.01. The van der Waals surface area contributed by atoms with Gasteiger partial charge in [-0.3, -0.25) is 10.1 Å². The van der Waals surface area contributed by atoms with Crippen molar-refractivity contribution in [2.24, 2.45) is 0 Å². The molecule has 5 nitrogen and oxygen atoms in total. The molecule has 0 saturated heterocycles. The minimum absolute atomic E-state index is 0.189. The maximum absolute atomic E-state index is 12.0. The predicted molar refractivity (Wildman–Crippen MR) is 88.1 cm³/mol. The average molecular weight is 310 g/mol. The molecular weight excluding hydrogens is 296 g/mol. The summed E-state index contributed by atoms with van der Waals surface area (Å²) in [4.78, 5) is 12.0. The molecule has 1 amide bonds. The lowest BCUT2D eigenvalue weighted by molar-refractivity contribution is 0.102. The highest BCUT2D eigenvalue weighted by Gasteiger charge is 2.09. The third-order valence-corrected chi connectivity index (χ3v) is 3.76. The van der Waals surface area contributed by atoms with E-state index < -0.39 is 0 Å². The summed E-state index contributed by atoms with van der Waals surface area (Å²) in [6, 6.07) is 19.0. The Balaban J connectivity index is 1.58. The van der Waals surface area contributed by atoms with Crippen molar-refractivity contribution in [1.29, 1.82) is 0 Å².